The van der Waals surface area contributed by atoms with Gasteiger partial charge < -0.3 is 15.2 Å². The van der Waals surface area contributed by atoms with Gasteiger partial charge in [0.05, 0.1) is 6.10 Å². The maximum atomic E-state index is 12.2. The maximum Gasteiger partial charge on any atom is 0.387 e. The number of aliphatic hydroxyl groups is 1. The Hall–Kier alpha value is -2.80. The summed E-state index contributed by atoms with van der Waals surface area (Å²) in [5.41, 5.74) is 2.13. The Kier molecular flexibility index (Phi) is 6.59. The van der Waals surface area contributed by atoms with E-state index in [1.807, 2.05) is 13.0 Å². The summed E-state index contributed by atoms with van der Waals surface area (Å²) in [6.07, 6.45) is 5.23. The number of aliphatic hydroxyl groups excluding tert-OH is 1. The van der Waals surface area contributed by atoms with Crippen LogP contribution in [0.2, 0.25) is 0 Å². The first-order chi connectivity index (χ1) is 11.9. The standard InChI is InChI=1S/C18H18F2N2O3/c1-12-7-13(10-21-9-12)5-6-17(24)22-11-16(23)14-3-2-4-15(8-14)25-18(19)20/h2-10,16,18,23H,11H2,1H3,(H,22,24)/b6-5+. The van der Waals surface area contributed by atoms with Crippen molar-refractivity contribution < 1.29 is 23.4 Å². The van der Waals surface area contributed by atoms with E-state index in [9.17, 15) is 18.7 Å². The number of amides is 1. The zero-order valence-corrected chi connectivity index (χ0v) is 13.5. The largest absolute Gasteiger partial charge is 0.435 e. The predicted molar refractivity (Wildman–Crippen MR) is 89.1 cm³/mol. The number of rotatable bonds is 7. The van der Waals surface area contributed by atoms with E-state index < -0.39 is 12.7 Å². The lowest BCUT2D eigenvalue weighted by Gasteiger charge is -2.13. The van der Waals surface area contributed by atoms with Crippen molar-refractivity contribution in [1.82, 2.24) is 10.3 Å². The van der Waals surface area contributed by atoms with Gasteiger partial charge >= 0.3 is 6.61 Å². The lowest BCUT2D eigenvalue weighted by atomic mass is 10.1. The van der Waals surface area contributed by atoms with Crippen LogP contribution in [0.5, 0.6) is 5.75 Å². The number of ether oxygens (including phenoxy) is 1. The lowest BCUT2D eigenvalue weighted by Crippen LogP contribution is -2.26. The highest BCUT2D eigenvalue weighted by Crippen LogP contribution is 2.20. The van der Waals surface area contributed by atoms with Crippen molar-refractivity contribution in [3.8, 4) is 5.75 Å². The summed E-state index contributed by atoms with van der Waals surface area (Å²) in [6.45, 7) is -1.10. The summed E-state index contributed by atoms with van der Waals surface area (Å²) in [7, 11) is 0. The molecule has 0 aliphatic heterocycles. The topological polar surface area (TPSA) is 71.5 Å². The summed E-state index contributed by atoms with van der Waals surface area (Å²) in [5, 5.41) is 12.6. The van der Waals surface area contributed by atoms with E-state index in [0.717, 1.165) is 11.1 Å². The highest BCUT2D eigenvalue weighted by molar-refractivity contribution is 5.91. The maximum absolute atomic E-state index is 12.2. The fourth-order valence-electron chi connectivity index (χ4n) is 2.11. The highest BCUT2D eigenvalue weighted by atomic mass is 19.3. The van der Waals surface area contributed by atoms with Crippen molar-refractivity contribution >= 4 is 12.0 Å². The second-order valence-electron chi connectivity index (χ2n) is 5.34. The van der Waals surface area contributed by atoms with Gasteiger partial charge in [0.1, 0.15) is 5.75 Å². The number of nitrogens with zero attached hydrogens (tertiary/aromatic N) is 1. The third-order valence-electron chi connectivity index (χ3n) is 3.26. The van der Waals surface area contributed by atoms with E-state index >= 15 is 0 Å². The molecule has 2 N–H and O–H groups in total. The number of carbonyl (C=O) groups excluding carboxylic acids is 1. The van der Waals surface area contributed by atoms with Crippen molar-refractivity contribution in [2.75, 3.05) is 6.54 Å². The molecule has 7 heteroatoms. The zero-order chi connectivity index (χ0) is 18.2. The van der Waals surface area contributed by atoms with Crippen LogP contribution in [-0.2, 0) is 4.79 Å². The molecule has 1 aromatic carbocycles. The lowest BCUT2D eigenvalue weighted by molar-refractivity contribution is -0.116. The first-order valence-electron chi connectivity index (χ1n) is 7.54. The molecule has 0 bridgehead atoms. The number of aryl methyl sites for hydroxylation is 1. The Morgan fingerprint density at radius 3 is 2.88 bits per heavy atom. The summed E-state index contributed by atoms with van der Waals surface area (Å²) in [6, 6.07) is 7.59. The minimum Gasteiger partial charge on any atom is -0.435 e. The van der Waals surface area contributed by atoms with E-state index in [2.05, 4.69) is 15.0 Å². The molecular weight excluding hydrogens is 330 g/mol. The second-order valence-corrected chi connectivity index (χ2v) is 5.34. The molecule has 132 valence electrons. The van der Waals surface area contributed by atoms with Gasteiger partial charge in [-0.15, -0.1) is 0 Å². The number of hydrogen-bond donors (Lipinski definition) is 2. The molecule has 0 aliphatic carbocycles. The SMILES string of the molecule is Cc1cncc(/C=C/C(=O)NCC(O)c2cccc(OC(F)F)c2)c1. The van der Waals surface area contributed by atoms with Crippen LogP contribution in [-0.4, -0.2) is 29.2 Å². The van der Waals surface area contributed by atoms with E-state index in [4.69, 9.17) is 0 Å². The average Bonchev–Trinajstić information content (AvgIpc) is 2.57. The van der Waals surface area contributed by atoms with Crippen molar-refractivity contribution in [2.45, 2.75) is 19.6 Å². The fraction of sp³-hybridized carbons (Fsp3) is 0.222. The first-order valence-corrected chi connectivity index (χ1v) is 7.54. The molecule has 0 fully saturated rings. The van der Waals surface area contributed by atoms with Gasteiger partial charge in [0, 0.05) is 25.0 Å². The molecule has 1 atom stereocenters. The summed E-state index contributed by atoms with van der Waals surface area (Å²) >= 11 is 0. The highest BCUT2D eigenvalue weighted by Gasteiger charge is 2.11. The normalized spacial score (nSPS) is 12.4. The van der Waals surface area contributed by atoms with Crippen LogP contribution < -0.4 is 10.1 Å². The van der Waals surface area contributed by atoms with Crippen LogP contribution in [0.4, 0.5) is 8.78 Å². The average molecular weight is 348 g/mol. The predicted octanol–water partition coefficient (Wildman–Crippen LogP) is 2.85. The quantitative estimate of drug-likeness (QED) is 0.755. The Morgan fingerprint density at radius 1 is 1.36 bits per heavy atom. The number of aromatic nitrogens is 1. The van der Waals surface area contributed by atoms with Crippen molar-refractivity contribution in [3.05, 3.63) is 65.5 Å². The summed E-state index contributed by atoms with van der Waals surface area (Å²) < 4.78 is 28.7. The van der Waals surface area contributed by atoms with Gasteiger partial charge in [-0.05, 0) is 47.9 Å². The molecule has 0 saturated heterocycles. The van der Waals surface area contributed by atoms with Gasteiger partial charge in [-0.25, -0.2) is 0 Å². The fourth-order valence-corrected chi connectivity index (χ4v) is 2.11. The number of benzene rings is 1. The van der Waals surface area contributed by atoms with Crippen LogP contribution in [0.3, 0.4) is 0 Å². The van der Waals surface area contributed by atoms with Gasteiger partial charge in [-0.3, -0.25) is 9.78 Å². The minimum absolute atomic E-state index is 0.0512. The zero-order valence-electron chi connectivity index (χ0n) is 13.5. The third-order valence-corrected chi connectivity index (χ3v) is 3.26. The molecule has 2 aromatic rings. The molecule has 1 heterocycles. The van der Waals surface area contributed by atoms with Crippen molar-refractivity contribution in [1.29, 1.82) is 0 Å². The van der Waals surface area contributed by atoms with Crippen LogP contribution in [0.25, 0.3) is 6.08 Å². The first kappa shape index (κ1) is 18.5. The van der Waals surface area contributed by atoms with Gasteiger partial charge in [0.25, 0.3) is 0 Å². The number of nitrogens with one attached hydrogen (secondary N) is 1. The van der Waals surface area contributed by atoms with Crippen molar-refractivity contribution in [2.24, 2.45) is 0 Å². The molecular formula is C18H18F2N2O3. The molecule has 0 radical (unpaired) electrons. The smallest absolute Gasteiger partial charge is 0.387 e. The summed E-state index contributed by atoms with van der Waals surface area (Å²) in [4.78, 5) is 15.8. The van der Waals surface area contributed by atoms with Crippen LogP contribution in [0.1, 0.15) is 22.8 Å². The van der Waals surface area contributed by atoms with Crippen LogP contribution in [0, 0.1) is 6.92 Å². The number of carbonyl (C=O) groups is 1. The molecule has 0 aliphatic rings. The molecule has 25 heavy (non-hydrogen) atoms. The Morgan fingerprint density at radius 2 is 2.16 bits per heavy atom. The molecule has 1 amide bonds. The van der Waals surface area contributed by atoms with E-state index in [1.54, 1.807) is 24.5 Å². The molecule has 1 aromatic heterocycles. The Labute approximate surface area is 144 Å². The number of halogens is 2. The third kappa shape index (κ3) is 6.31. The van der Waals surface area contributed by atoms with Crippen LogP contribution in [0.15, 0.2) is 48.8 Å². The van der Waals surface area contributed by atoms with Gasteiger partial charge in [-0.1, -0.05) is 12.1 Å². The Balaban J connectivity index is 1.88. The van der Waals surface area contributed by atoms with Crippen LogP contribution >= 0.6 is 0 Å². The molecule has 2 rings (SSSR count). The van der Waals surface area contributed by atoms with Crippen molar-refractivity contribution in [3.63, 3.8) is 0 Å². The van der Waals surface area contributed by atoms with E-state index in [1.165, 1.54) is 24.3 Å². The molecule has 0 saturated carbocycles. The second kappa shape index (κ2) is 8.89. The molecule has 5 nitrogen and oxygen atoms in total. The number of hydrogen-bond acceptors (Lipinski definition) is 4. The van der Waals surface area contributed by atoms with Gasteiger partial charge in [0.15, 0.2) is 0 Å². The number of pyridine rings is 1. The monoisotopic (exact) mass is 348 g/mol. The van der Waals surface area contributed by atoms with Gasteiger partial charge in [0.2, 0.25) is 5.91 Å². The van der Waals surface area contributed by atoms with E-state index in [-0.39, 0.29) is 18.2 Å². The molecule has 0 spiro atoms. The number of alkyl halides is 2. The summed E-state index contributed by atoms with van der Waals surface area (Å²) in [5.74, 6) is -0.440. The Bertz CT molecular complexity index is 751. The van der Waals surface area contributed by atoms with E-state index in [0.29, 0.717) is 5.56 Å². The minimum atomic E-state index is -2.94. The molecule has 1 unspecified atom stereocenters. The van der Waals surface area contributed by atoms with Gasteiger partial charge in [-0.2, -0.15) is 8.78 Å².